The molecule has 1 aliphatic heterocycles. The van der Waals surface area contributed by atoms with Crippen LogP contribution in [0.1, 0.15) is 24.8 Å². The maximum Gasteiger partial charge on any atom is 0.154 e. The highest BCUT2D eigenvalue weighted by Crippen LogP contribution is 2.27. The number of hydrogen-bond acceptors (Lipinski definition) is 3. The van der Waals surface area contributed by atoms with Gasteiger partial charge in [0.25, 0.3) is 0 Å². The monoisotopic (exact) mass is 367 g/mol. The molecule has 1 aromatic carbocycles. The van der Waals surface area contributed by atoms with E-state index in [-0.39, 0.29) is 22.2 Å². The molecule has 112 valence electrons. The van der Waals surface area contributed by atoms with Gasteiger partial charge in [-0.25, -0.2) is 17.2 Å². The lowest BCUT2D eigenvalue weighted by molar-refractivity contribution is 0.477. The molecule has 1 saturated heterocycles. The van der Waals surface area contributed by atoms with Crippen molar-refractivity contribution in [1.82, 2.24) is 0 Å². The van der Waals surface area contributed by atoms with Crippen molar-refractivity contribution in [3.8, 4) is 0 Å². The molecule has 1 aliphatic rings. The van der Waals surface area contributed by atoms with Crippen molar-refractivity contribution < 1.29 is 17.2 Å². The van der Waals surface area contributed by atoms with Crippen LogP contribution in [0.4, 0.5) is 8.78 Å². The van der Waals surface area contributed by atoms with Crippen LogP contribution in [-0.2, 0) is 16.3 Å². The quantitative estimate of drug-likeness (QED) is 0.835. The third-order valence-electron chi connectivity index (χ3n) is 3.69. The summed E-state index contributed by atoms with van der Waals surface area (Å²) in [6.07, 6.45) is 1.74. The van der Waals surface area contributed by atoms with Crippen molar-refractivity contribution in [2.45, 2.75) is 37.0 Å². The second kappa shape index (κ2) is 6.07. The fourth-order valence-electron chi connectivity index (χ4n) is 2.58. The lowest BCUT2D eigenvalue weighted by Crippen LogP contribution is -2.45. The first-order valence-corrected chi connectivity index (χ1v) is 8.93. The number of hydrogen-bond donors (Lipinski definition) is 1. The van der Waals surface area contributed by atoms with Crippen molar-refractivity contribution >= 4 is 25.8 Å². The molecular formula is C13H16BrF2NO2S. The Bertz CT molecular complexity index is 607. The van der Waals surface area contributed by atoms with E-state index >= 15 is 0 Å². The largest absolute Gasteiger partial charge is 0.326 e. The molecule has 0 aromatic heterocycles. The lowest BCUT2D eigenvalue weighted by atomic mass is 9.99. The number of benzene rings is 1. The molecular weight excluding hydrogens is 352 g/mol. The van der Waals surface area contributed by atoms with Gasteiger partial charge in [0.15, 0.2) is 9.84 Å². The fraction of sp³-hybridized carbons (Fsp3) is 0.538. The number of rotatable bonds is 3. The van der Waals surface area contributed by atoms with Gasteiger partial charge in [0.1, 0.15) is 11.6 Å². The molecule has 20 heavy (non-hydrogen) atoms. The van der Waals surface area contributed by atoms with Crippen molar-refractivity contribution in [3.05, 3.63) is 33.8 Å². The van der Waals surface area contributed by atoms with E-state index in [0.29, 0.717) is 12.8 Å². The zero-order chi connectivity index (χ0) is 14.9. The summed E-state index contributed by atoms with van der Waals surface area (Å²) >= 11 is 2.99. The average Bonchev–Trinajstić information content (AvgIpc) is 2.38. The van der Waals surface area contributed by atoms with Crippen LogP contribution in [0.5, 0.6) is 0 Å². The standard InChI is InChI=1S/C13H16BrF2NO2S/c14-9-4-5-10(15)8(13(9)16)7-11(17)12-3-1-2-6-20(12,18)19/h4-5,11-12H,1-3,6-7,17H2. The van der Waals surface area contributed by atoms with Gasteiger partial charge in [-0.15, -0.1) is 0 Å². The zero-order valence-electron chi connectivity index (χ0n) is 10.8. The van der Waals surface area contributed by atoms with Gasteiger partial charge in [-0.05, 0) is 47.3 Å². The first kappa shape index (κ1) is 15.9. The molecule has 1 heterocycles. The predicted octanol–water partition coefficient (Wildman–Crippen LogP) is 2.56. The van der Waals surface area contributed by atoms with Crippen LogP contribution >= 0.6 is 15.9 Å². The van der Waals surface area contributed by atoms with E-state index < -0.39 is 32.8 Å². The Morgan fingerprint density at radius 2 is 2.05 bits per heavy atom. The van der Waals surface area contributed by atoms with E-state index in [0.717, 1.165) is 12.5 Å². The van der Waals surface area contributed by atoms with Gasteiger partial charge < -0.3 is 5.73 Å². The topological polar surface area (TPSA) is 60.2 Å². The van der Waals surface area contributed by atoms with Crippen LogP contribution in [0.25, 0.3) is 0 Å². The second-order valence-corrected chi connectivity index (χ2v) is 8.28. The lowest BCUT2D eigenvalue weighted by Gasteiger charge is -2.27. The molecule has 0 bridgehead atoms. The highest BCUT2D eigenvalue weighted by atomic mass is 79.9. The Morgan fingerprint density at radius 1 is 1.35 bits per heavy atom. The summed E-state index contributed by atoms with van der Waals surface area (Å²) in [4.78, 5) is 0. The van der Waals surface area contributed by atoms with Gasteiger partial charge in [0, 0.05) is 11.6 Å². The van der Waals surface area contributed by atoms with Crippen LogP contribution in [-0.4, -0.2) is 25.5 Å². The molecule has 1 fully saturated rings. The molecule has 1 aromatic rings. The van der Waals surface area contributed by atoms with E-state index in [9.17, 15) is 17.2 Å². The van der Waals surface area contributed by atoms with Gasteiger partial charge in [-0.2, -0.15) is 0 Å². The first-order valence-electron chi connectivity index (χ1n) is 6.42. The van der Waals surface area contributed by atoms with E-state index in [1.807, 2.05) is 0 Å². The normalized spacial score (nSPS) is 23.5. The van der Waals surface area contributed by atoms with Gasteiger partial charge in [0.2, 0.25) is 0 Å². The summed E-state index contributed by atoms with van der Waals surface area (Å²) in [5.41, 5.74) is 5.76. The average molecular weight is 368 g/mol. The van der Waals surface area contributed by atoms with Gasteiger partial charge >= 0.3 is 0 Å². The fourth-order valence-corrected chi connectivity index (χ4v) is 5.02. The molecule has 0 amide bonds. The zero-order valence-corrected chi connectivity index (χ0v) is 13.2. The summed E-state index contributed by atoms with van der Waals surface area (Å²) in [6.45, 7) is 0. The summed E-state index contributed by atoms with van der Waals surface area (Å²) < 4.78 is 51.7. The molecule has 0 spiro atoms. The van der Waals surface area contributed by atoms with E-state index in [1.165, 1.54) is 6.07 Å². The number of nitrogens with two attached hydrogens (primary N) is 1. The summed E-state index contributed by atoms with van der Waals surface area (Å²) in [5, 5.41) is -0.714. The minimum absolute atomic E-state index is 0.106. The van der Waals surface area contributed by atoms with E-state index in [1.54, 1.807) is 0 Å². The summed E-state index contributed by atoms with van der Waals surface area (Å²) in [6, 6.07) is 1.63. The second-order valence-electron chi connectivity index (χ2n) is 5.09. The molecule has 0 saturated carbocycles. The molecule has 0 radical (unpaired) electrons. The van der Waals surface area contributed by atoms with Crippen molar-refractivity contribution in [3.63, 3.8) is 0 Å². The van der Waals surface area contributed by atoms with Gasteiger partial charge in [0.05, 0.1) is 15.5 Å². The Kier molecular flexibility index (Phi) is 4.81. The Hall–Kier alpha value is -0.530. The maximum atomic E-state index is 13.9. The third kappa shape index (κ3) is 3.20. The Morgan fingerprint density at radius 3 is 2.70 bits per heavy atom. The number of halogens is 3. The van der Waals surface area contributed by atoms with Crippen LogP contribution < -0.4 is 5.73 Å². The van der Waals surface area contributed by atoms with Crippen LogP contribution in [0, 0.1) is 11.6 Å². The van der Waals surface area contributed by atoms with E-state index in [2.05, 4.69) is 15.9 Å². The summed E-state index contributed by atoms with van der Waals surface area (Å²) in [5.74, 6) is -1.31. The molecule has 7 heteroatoms. The Labute approximate surface area is 125 Å². The number of sulfone groups is 1. The molecule has 3 nitrogen and oxygen atoms in total. The van der Waals surface area contributed by atoms with Gasteiger partial charge in [-0.3, -0.25) is 0 Å². The minimum atomic E-state index is -3.26. The van der Waals surface area contributed by atoms with Gasteiger partial charge in [-0.1, -0.05) is 6.42 Å². The maximum absolute atomic E-state index is 13.9. The third-order valence-corrected chi connectivity index (χ3v) is 6.66. The highest BCUT2D eigenvalue weighted by Gasteiger charge is 2.34. The molecule has 2 atom stereocenters. The van der Waals surface area contributed by atoms with E-state index in [4.69, 9.17) is 5.73 Å². The summed E-state index contributed by atoms with van der Waals surface area (Å²) in [7, 11) is -3.26. The SMILES string of the molecule is NC(Cc1c(F)ccc(Br)c1F)C1CCCCS1(=O)=O. The molecule has 2 N–H and O–H groups in total. The first-order chi connectivity index (χ1) is 9.33. The van der Waals surface area contributed by atoms with Crippen LogP contribution in [0.3, 0.4) is 0 Å². The predicted molar refractivity (Wildman–Crippen MR) is 77.2 cm³/mol. The van der Waals surface area contributed by atoms with Crippen LogP contribution in [0.15, 0.2) is 16.6 Å². The smallest absolute Gasteiger partial charge is 0.154 e. The highest BCUT2D eigenvalue weighted by molar-refractivity contribution is 9.10. The Balaban J connectivity index is 2.24. The van der Waals surface area contributed by atoms with Crippen LogP contribution in [0.2, 0.25) is 0 Å². The molecule has 2 unspecified atom stereocenters. The minimum Gasteiger partial charge on any atom is -0.326 e. The molecule has 2 rings (SSSR count). The van der Waals surface area contributed by atoms with Crippen molar-refractivity contribution in [2.24, 2.45) is 5.73 Å². The van der Waals surface area contributed by atoms with Crippen molar-refractivity contribution in [1.29, 1.82) is 0 Å². The van der Waals surface area contributed by atoms with Crippen molar-refractivity contribution in [2.75, 3.05) is 5.75 Å². The molecule has 0 aliphatic carbocycles.